The fourth-order valence-electron chi connectivity index (χ4n) is 2.58. The second-order valence-electron chi connectivity index (χ2n) is 5.96. The van der Waals surface area contributed by atoms with Crippen molar-refractivity contribution in [2.24, 2.45) is 0 Å². The number of aryl methyl sites for hydroxylation is 1. The lowest BCUT2D eigenvalue weighted by Gasteiger charge is -2.02. The Morgan fingerprint density at radius 1 is 1.00 bits per heavy atom. The highest BCUT2D eigenvalue weighted by Gasteiger charge is 2.01. The number of nitrogens with zero attached hydrogens (tertiary/aromatic N) is 2. The lowest BCUT2D eigenvalue weighted by molar-refractivity contribution is 0.414. The Bertz CT molecular complexity index is 1060. The van der Waals surface area contributed by atoms with Crippen molar-refractivity contribution in [2.75, 3.05) is 7.11 Å². The zero-order chi connectivity index (χ0) is 19.1. The number of hydrogen-bond acceptors (Lipinski definition) is 3. The molecular weight excluding hydrogens is 332 g/mol. The van der Waals surface area contributed by atoms with Gasteiger partial charge in [0, 0.05) is 23.5 Å². The molecule has 3 nitrogen and oxygen atoms in total. The highest BCUT2D eigenvalue weighted by Crippen LogP contribution is 2.19. The molecule has 3 heteroatoms. The third kappa shape index (κ3) is 4.63. The van der Waals surface area contributed by atoms with Crippen molar-refractivity contribution in [1.29, 1.82) is 5.26 Å². The number of ether oxygens (including phenoxy) is 1. The number of pyridine rings is 1. The smallest absolute Gasteiger partial charge is 0.119 e. The molecule has 0 aliphatic rings. The van der Waals surface area contributed by atoms with Crippen LogP contribution in [0.15, 0.2) is 67.0 Å². The Hall–Kier alpha value is -3.82. The lowest BCUT2D eigenvalue weighted by Crippen LogP contribution is -1.87. The van der Waals surface area contributed by atoms with Crippen LogP contribution < -0.4 is 4.74 Å². The maximum Gasteiger partial charge on any atom is 0.119 e. The highest BCUT2D eigenvalue weighted by molar-refractivity contribution is 5.89. The largest absolute Gasteiger partial charge is 0.497 e. The van der Waals surface area contributed by atoms with Crippen LogP contribution in [0.5, 0.6) is 5.75 Å². The molecule has 0 aliphatic heterocycles. The van der Waals surface area contributed by atoms with Gasteiger partial charge in [-0.2, -0.15) is 5.26 Å². The normalized spacial score (nSPS) is 10.5. The average molecular weight is 350 g/mol. The van der Waals surface area contributed by atoms with Crippen LogP contribution in [-0.2, 0) is 0 Å². The number of rotatable bonds is 3. The predicted molar refractivity (Wildman–Crippen MR) is 108 cm³/mol. The minimum atomic E-state index is 0.603. The first-order valence-corrected chi connectivity index (χ1v) is 8.48. The van der Waals surface area contributed by atoms with Crippen LogP contribution in [0.25, 0.3) is 11.6 Å². The summed E-state index contributed by atoms with van der Waals surface area (Å²) in [4.78, 5) is 3.99. The van der Waals surface area contributed by atoms with Gasteiger partial charge in [-0.25, -0.2) is 0 Å². The number of methoxy groups -OCH3 is 1. The minimum Gasteiger partial charge on any atom is -0.497 e. The van der Waals surface area contributed by atoms with Gasteiger partial charge in [-0.05, 0) is 72.2 Å². The molecule has 0 saturated carbocycles. The number of benzene rings is 2. The van der Waals surface area contributed by atoms with E-state index < -0.39 is 0 Å². The van der Waals surface area contributed by atoms with E-state index in [1.54, 1.807) is 19.5 Å². The van der Waals surface area contributed by atoms with E-state index in [4.69, 9.17) is 4.74 Å². The number of allylic oxidation sites excluding steroid dienone is 1. The number of aromatic nitrogens is 1. The monoisotopic (exact) mass is 350 g/mol. The molecule has 3 rings (SSSR count). The molecule has 130 valence electrons. The third-order valence-electron chi connectivity index (χ3n) is 4.11. The van der Waals surface area contributed by atoms with Crippen LogP contribution >= 0.6 is 0 Å². The summed E-state index contributed by atoms with van der Waals surface area (Å²) in [6, 6.07) is 19.5. The summed E-state index contributed by atoms with van der Waals surface area (Å²) in [5, 5.41) is 9.46. The van der Waals surface area contributed by atoms with Crippen LogP contribution in [0, 0.1) is 30.1 Å². The predicted octanol–water partition coefficient (Wildman–Crippen LogP) is 4.86. The van der Waals surface area contributed by atoms with E-state index in [9.17, 15) is 5.26 Å². The summed E-state index contributed by atoms with van der Waals surface area (Å²) in [7, 11) is 1.65. The first kappa shape index (κ1) is 18.0. The molecule has 27 heavy (non-hydrogen) atoms. The molecule has 0 atom stereocenters. The molecule has 0 unspecified atom stereocenters. The van der Waals surface area contributed by atoms with E-state index in [0.29, 0.717) is 5.57 Å². The topological polar surface area (TPSA) is 45.9 Å². The van der Waals surface area contributed by atoms with Gasteiger partial charge in [0.1, 0.15) is 5.75 Å². The lowest BCUT2D eigenvalue weighted by atomic mass is 10.0. The number of nitriles is 1. The quantitative estimate of drug-likeness (QED) is 0.500. The fraction of sp³-hybridized carbons (Fsp3) is 0.0833. The summed E-state index contributed by atoms with van der Waals surface area (Å²) in [5.41, 5.74) is 5.35. The Morgan fingerprint density at radius 3 is 2.37 bits per heavy atom. The van der Waals surface area contributed by atoms with Gasteiger partial charge in [0.15, 0.2) is 0 Å². The summed E-state index contributed by atoms with van der Waals surface area (Å²) >= 11 is 0. The Morgan fingerprint density at radius 2 is 1.74 bits per heavy atom. The van der Waals surface area contributed by atoms with Crippen molar-refractivity contribution in [3.63, 3.8) is 0 Å². The van der Waals surface area contributed by atoms with Crippen molar-refractivity contribution in [1.82, 2.24) is 4.98 Å². The van der Waals surface area contributed by atoms with E-state index in [2.05, 4.69) is 22.9 Å². The fourth-order valence-corrected chi connectivity index (χ4v) is 2.58. The second-order valence-corrected chi connectivity index (χ2v) is 5.96. The Labute approximate surface area is 159 Å². The third-order valence-corrected chi connectivity index (χ3v) is 4.11. The van der Waals surface area contributed by atoms with Crippen molar-refractivity contribution in [3.05, 3.63) is 94.8 Å². The van der Waals surface area contributed by atoms with E-state index in [1.165, 1.54) is 0 Å². The average Bonchev–Trinajstić information content (AvgIpc) is 2.72. The zero-order valence-electron chi connectivity index (χ0n) is 15.2. The van der Waals surface area contributed by atoms with E-state index in [1.807, 2.05) is 67.6 Å². The minimum absolute atomic E-state index is 0.603. The SMILES string of the molecule is COc1ccc(C#Cc2ccc(/C(C#N)=C\c3ccncc3)cc2)c(C)c1. The Kier molecular flexibility index (Phi) is 5.67. The Balaban J connectivity index is 1.82. The van der Waals surface area contributed by atoms with Gasteiger partial charge in [-0.15, -0.1) is 0 Å². The van der Waals surface area contributed by atoms with Crippen LogP contribution in [0.4, 0.5) is 0 Å². The second kappa shape index (κ2) is 8.52. The molecule has 0 bridgehead atoms. The molecule has 0 aliphatic carbocycles. The zero-order valence-corrected chi connectivity index (χ0v) is 15.2. The summed E-state index contributed by atoms with van der Waals surface area (Å²) < 4.78 is 5.22. The summed E-state index contributed by atoms with van der Waals surface area (Å²) in [6.07, 6.45) is 5.27. The van der Waals surface area contributed by atoms with Gasteiger partial charge in [0.25, 0.3) is 0 Å². The maximum atomic E-state index is 9.46. The molecule has 0 fully saturated rings. The maximum absolute atomic E-state index is 9.46. The summed E-state index contributed by atoms with van der Waals surface area (Å²) in [5.74, 6) is 7.19. The molecule has 0 radical (unpaired) electrons. The van der Waals surface area contributed by atoms with E-state index >= 15 is 0 Å². The molecular formula is C24H18N2O. The van der Waals surface area contributed by atoms with Crippen molar-refractivity contribution < 1.29 is 4.74 Å². The molecule has 0 spiro atoms. The van der Waals surface area contributed by atoms with Gasteiger partial charge in [-0.1, -0.05) is 24.0 Å². The van der Waals surface area contributed by atoms with Crippen molar-refractivity contribution >= 4 is 11.6 Å². The summed E-state index contributed by atoms with van der Waals surface area (Å²) in [6.45, 7) is 2.01. The van der Waals surface area contributed by atoms with Gasteiger partial charge in [-0.3, -0.25) is 4.98 Å². The molecule has 2 aromatic carbocycles. The van der Waals surface area contributed by atoms with Gasteiger partial charge in [0.2, 0.25) is 0 Å². The number of hydrogen-bond donors (Lipinski definition) is 0. The standard InChI is InChI=1S/C24H18N2O/c1-18-15-24(27-2)10-9-21(18)6-3-19-4-7-22(8-5-19)23(17-25)16-20-11-13-26-14-12-20/h4-5,7-16H,1-2H3/b23-16-. The molecule has 1 heterocycles. The van der Waals surface area contributed by atoms with Crippen molar-refractivity contribution in [3.8, 4) is 23.7 Å². The van der Waals surface area contributed by atoms with Gasteiger partial charge < -0.3 is 4.74 Å². The molecule has 3 aromatic rings. The van der Waals surface area contributed by atoms with Gasteiger partial charge >= 0.3 is 0 Å². The first-order chi connectivity index (χ1) is 13.2. The molecule has 0 N–H and O–H groups in total. The van der Waals surface area contributed by atoms with E-state index in [-0.39, 0.29) is 0 Å². The molecule has 0 saturated heterocycles. The van der Waals surface area contributed by atoms with Gasteiger partial charge in [0.05, 0.1) is 18.8 Å². The molecule has 1 aromatic heterocycles. The van der Waals surface area contributed by atoms with Crippen LogP contribution in [0.3, 0.4) is 0 Å². The molecule has 0 amide bonds. The first-order valence-electron chi connectivity index (χ1n) is 8.48. The van der Waals surface area contributed by atoms with Crippen molar-refractivity contribution in [2.45, 2.75) is 6.92 Å². The highest BCUT2D eigenvalue weighted by atomic mass is 16.5. The van der Waals surface area contributed by atoms with E-state index in [0.717, 1.165) is 33.6 Å². The van der Waals surface area contributed by atoms with Crippen LogP contribution in [0.2, 0.25) is 0 Å². The van der Waals surface area contributed by atoms with Crippen LogP contribution in [-0.4, -0.2) is 12.1 Å². The van der Waals surface area contributed by atoms with Crippen LogP contribution in [0.1, 0.15) is 27.8 Å².